The summed E-state index contributed by atoms with van der Waals surface area (Å²) in [6.07, 6.45) is -7.14. The van der Waals surface area contributed by atoms with Crippen molar-refractivity contribution >= 4 is 13.6 Å². The molecule has 1 aromatic rings. The summed E-state index contributed by atoms with van der Waals surface area (Å²) >= 11 is 0. The number of nitrogen functional groups attached to an aromatic ring is 1. The number of aliphatic hydroxyl groups is 1. The zero-order valence-corrected chi connectivity index (χ0v) is 12.5. The molecule has 130 valence electrons. The van der Waals surface area contributed by atoms with Gasteiger partial charge in [-0.3, -0.25) is 9.09 Å². The highest BCUT2D eigenvalue weighted by Crippen LogP contribution is 2.46. The number of ether oxygens (including phenoxy) is 1. The van der Waals surface area contributed by atoms with Gasteiger partial charge >= 0.3 is 19.4 Å². The van der Waals surface area contributed by atoms with E-state index in [0.29, 0.717) is 4.57 Å². The molecule has 0 amide bonds. The summed E-state index contributed by atoms with van der Waals surface area (Å²) in [6, 6.07) is 1.08. The number of nitrogens with zero attached hydrogens (tertiary/aromatic N) is 2. The van der Waals surface area contributed by atoms with Gasteiger partial charge < -0.3 is 25.4 Å². The second kappa shape index (κ2) is 5.89. The number of halogens is 2. The van der Waals surface area contributed by atoms with Crippen LogP contribution in [0.1, 0.15) is 13.2 Å². The molecular weight excluding hydrogens is 343 g/mol. The van der Waals surface area contributed by atoms with Gasteiger partial charge in [-0.15, -0.1) is 0 Å². The van der Waals surface area contributed by atoms with E-state index in [1.165, 1.54) is 0 Å². The van der Waals surface area contributed by atoms with E-state index in [-0.39, 0.29) is 5.82 Å². The van der Waals surface area contributed by atoms with E-state index in [1.54, 1.807) is 0 Å². The van der Waals surface area contributed by atoms with E-state index < -0.39 is 44.0 Å². The number of alkyl halides is 2. The number of rotatable bonds is 4. The minimum Gasteiger partial charge on any atom is -0.384 e. The van der Waals surface area contributed by atoms with Crippen molar-refractivity contribution in [3.63, 3.8) is 0 Å². The molecule has 5 N–H and O–H groups in total. The van der Waals surface area contributed by atoms with E-state index in [0.717, 1.165) is 19.2 Å². The third-order valence-electron chi connectivity index (χ3n) is 3.19. The summed E-state index contributed by atoms with van der Waals surface area (Å²) in [6.45, 7) is 1.04. The monoisotopic (exact) mass is 357 g/mol. The lowest BCUT2D eigenvalue weighted by Crippen LogP contribution is -2.43. The molecule has 0 unspecified atom stereocenters. The van der Waals surface area contributed by atoms with Crippen LogP contribution < -0.4 is 11.4 Å². The van der Waals surface area contributed by atoms with Gasteiger partial charge in [0.05, 0.1) is 6.10 Å². The second-order valence-electron chi connectivity index (χ2n) is 4.92. The van der Waals surface area contributed by atoms with E-state index >= 15 is 0 Å². The first-order valence-corrected chi connectivity index (χ1v) is 7.76. The fraction of sp³-hybridized carbons (Fsp3) is 0.600. The Labute approximate surface area is 127 Å². The Morgan fingerprint density at radius 1 is 1.57 bits per heavy atom. The summed E-state index contributed by atoms with van der Waals surface area (Å²) in [7, 11) is -4.98. The second-order valence-corrected chi connectivity index (χ2v) is 6.11. The topological polar surface area (TPSA) is 157 Å². The van der Waals surface area contributed by atoms with Crippen LogP contribution in [-0.4, -0.2) is 48.7 Å². The van der Waals surface area contributed by atoms with Gasteiger partial charge in [-0.25, -0.2) is 9.36 Å². The number of hydrogen-bond acceptors (Lipinski definition) is 7. The number of anilines is 1. The Hall–Kier alpha value is -1.43. The molecule has 0 bridgehead atoms. The largest absolute Gasteiger partial charge is 0.469 e. The maximum atomic E-state index is 14.2. The molecule has 13 heteroatoms. The number of phosphoric ester groups is 1. The number of nitrogens with two attached hydrogens (primary N) is 1. The van der Waals surface area contributed by atoms with E-state index in [4.69, 9.17) is 20.3 Å². The van der Waals surface area contributed by atoms with Gasteiger partial charge in [-0.2, -0.15) is 13.8 Å². The van der Waals surface area contributed by atoms with Crippen molar-refractivity contribution in [1.82, 2.24) is 9.55 Å². The minimum absolute atomic E-state index is 0.192. The molecule has 1 aliphatic rings. The van der Waals surface area contributed by atoms with Gasteiger partial charge in [0.15, 0.2) is 6.10 Å². The Morgan fingerprint density at radius 2 is 2.17 bits per heavy atom. The molecule has 23 heavy (non-hydrogen) atoms. The molecule has 2 rings (SSSR count). The van der Waals surface area contributed by atoms with Crippen molar-refractivity contribution in [3.8, 4) is 0 Å². The minimum atomic E-state index is -4.98. The molecule has 0 spiro atoms. The SMILES string of the molecule is C[C@H](OP(=O)(O)O)[C@H]1O[C@@H](n2ccc(N)nc2=O)C(F)(F)[C@@H]1O. The summed E-state index contributed by atoms with van der Waals surface area (Å²) in [5, 5.41) is 9.69. The molecule has 2 heterocycles. The molecule has 0 saturated carbocycles. The Balaban J connectivity index is 2.33. The molecule has 1 fully saturated rings. The van der Waals surface area contributed by atoms with Crippen LogP contribution in [0.5, 0.6) is 0 Å². The lowest BCUT2D eigenvalue weighted by molar-refractivity contribution is -0.141. The average Bonchev–Trinajstić information content (AvgIpc) is 2.60. The Kier molecular flexibility index (Phi) is 4.59. The quantitative estimate of drug-likeness (QED) is 0.507. The highest BCUT2D eigenvalue weighted by Gasteiger charge is 2.61. The van der Waals surface area contributed by atoms with Crippen molar-refractivity contribution in [1.29, 1.82) is 0 Å². The molecule has 1 saturated heterocycles. The lowest BCUT2D eigenvalue weighted by atomic mass is 10.1. The molecule has 10 nitrogen and oxygen atoms in total. The van der Waals surface area contributed by atoms with Crippen LogP contribution in [0.3, 0.4) is 0 Å². The summed E-state index contributed by atoms with van der Waals surface area (Å²) in [4.78, 5) is 32.3. The smallest absolute Gasteiger partial charge is 0.384 e. The number of aliphatic hydroxyl groups excluding tert-OH is 1. The maximum Gasteiger partial charge on any atom is 0.469 e. The molecule has 0 radical (unpaired) electrons. The van der Waals surface area contributed by atoms with Crippen molar-refractivity contribution < 1.29 is 37.5 Å². The Bertz CT molecular complexity index is 693. The van der Waals surface area contributed by atoms with Gasteiger partial charge in [0.1, 0.15) is 11.9 Å². The van der Waals surface area contributed by atoms with Crippen LogP contribution in [0.15, 0.2) is 17.1 Å². The van der Waals surface area contributed by atoms with Crippen LogP contribution in [0.2, 0.25) is 0 Å². The predicted octanol–water partition coefficient (Wildman–Crippen LogP) is -0.783. The van der Waals surface area contributed by atoms with Crippen LogP contribution >= 0.6 is 7.82 Å². The summed E-state index contributed by atoms with van der Waals surface area (Å²) in [5.74, 6) is -4.12. The standard InChI is InChI=1S/C10H14F2N3O7P/c1-4(22-23(18,19)20)6-7(16)10(11,12)8(21-6)15-3-2-5(13)14-9(15)17/h2-4,6-8,16H,1H3,(H2,13,14,17)(H2,18,19,20)/t4-,6+,7+,8+/m0/s1. The molecule has 4 atom stereocenters. The summed E-state index contributed by atoms with van der Waals surface area (Å²) < 4.78 is 48.7. The summed E-state index contributed by atoms with van der Waals surface area (Å²) in [5.41, 5.74) is 4.12. The van der Waals surface area contributed by atoms with Crippen LogP contribution in [0, 0.1) is 0 Å². The molecule has 0 aliphatic carbocycles. The van der Waals surface area contributed by atoms with Crippen molar-refractivity contribution in [3.05, 3.63) is 22.7 Å². The molecular formula is C10H14F2N3O7P. The highest BCUT2D eigenvalue weighted by atomic mass is 31.2. The highest BCUT2D eigenvalue weighted by molar-refractivity contribution is 7.46. The number of hydrogen-bond donors (Lipinski definition) is 4. The average molecular weight is 357 g/mol. The lowest BCUT2D eigenvalue weighted by Gasteiger charge is -2.22. The van der Waals surface area contributed by atoms with Crippen LogP contribution in [-0.2, 0) is 13.8 Å². The molecule has 1 aromatic heterocycles. The predicted molar refractivity (Wildman–Crippen MR) is 70.4 cm³/mol. The third kappa shape index (κ3) is 3.57. The van der Waals surface area contributed by atoms with E-state index in [2.05, 4.69) is 9.51 Å². The maximum absolute atomic E-state index is 14.2. The fourth-order valence-corrected chi connectivity index (χ4v) is 2.73. The van der Waals surface area contributed by atoms with E-state index in [1.807, 2.05) is 0 Å². The third-order valence-corrected chi connectivity index (χ3v) is 3.80. The first-order valence-electron chi connectivity index (χ1n) is 6.23. The number of aromatic nitrogens is 2. The molecule has 1 aliphatic heterocycles. The van der Waals surface area contributed by atoms with Crippen molar-refractivity contribution in [2.45, 2.75) is 37.4 Å². The normalized spacial score (nSPS) is 28.7. The first-order chi connectivity index (χ1) is 10.4. The van der Waals surface area contributed by atoms with E-state index in [9.17, 15) is 23.2 Å². The van der Waals surface area contributed by atoms with Gasteiger partial charge in [0.2, 0.25) is 6.23 Å². The zero-order chi connectivity index (χ0) is 17.6. The van der Waals surface area contributed by atoms with Crippen molar-refractivity contribution in [2.24, 2.45) is 0 Å². The zero-order valence-electron chi connectivity index (χ0n) is 11.6. The van der Waals surface area contributed by atoms with Crippen LogP contribution in [0.25, 0.3) is 0 Å². The fourth-order valence-electron chi connectivity index (χ4n) is 2.18. The number of phosphoric acid groups is 1. The first kappa shape index (κ1) is 17.9. The van der Waals surface area contributed by atoms with Gasteiger partial charge in [-0.05, 0) is 13.0 Å². The van der Waals surface area contributed by atoms with Gasteiger partial charge in [0, 0.05) is 6.20 Å². The Morgan fingerprint density at radius 3 is 2.70 bits per heavy atom. The molecule has 0 aromatic carbocycles. The van der Waals surface area contributed by atoms with Gasteiger partial charge in [-0.1, -0.05) is 0 Å². The van der Waals surface area contributed by atoms with Crippen LogP contribution in [0.4, 0.5) is 14.6 Å². The van der Waals surface area contributed by atoms with Gasteiger partial charge in [0.25, 0.3) is 0 Å². The van der Waals surface area contributed by atoms with Crippen molar-refractivity contribution in [2.75, 3.05) is 5.73 Å².